The number of allylic oxidation sites excluding steroid dienone is 1. The summed E-state index contributed by atoms with van der Waals surface area (Å²) in [5.41, 5.74) is 1.07. The molecule has 2 rings (SSSR count). The van der Waals surface area contributed by atoms with Crippen molar-refractivity contribution in [2.75, 3.05) is 23.9 Å². The van der Waals surface area contributed by atoms with Crippen LogP contribution in [0.15, 0.2) is 23.9 Å². The second-order valence-corrected chi connectivity index (χ2v) is 5.39. The third kappa shape index (κ3) is 3.97. The van der Waals surface area contributed by atoms with Crippen LogP contribution in [0.5, 0.6) is 0 Å². The standard InChI is InChI=1S/C15H20N4O4/c1-9(2)7-11-8-23-15(21)19(11)12-5-6-16-14(18-12)17-10(3)13(20)22-4/h5-7,10-11H,8H2,1-4H3,(H,16,17,18)/t10-,11-/m0/s1. The van der Waals surface area contributed by atoms with E-state index in [1.165, 1.54) is 18.2 Å². The molecule has 0 aliphatic carbocycles. The lowest BCUT2D eigenvalue weighted by Crippen LogP contribution is -2.33. The Morgan fingerprint density at radius 3 is 2.96 bits per heavy atom. The van der Waals surface area contributed by atoms with Gasteiger partial charge in [0, 0.05) is 6.20 Å². The average Bonchev–Trinajstić information content (AvgIpc) is 2.86. The third-order valence-corrected chi connectivity index (χ3v) is 3.22. The van der Waals surface area contributed by atoms with Gasteiger partial charge in [0.25, 0.3) is 0 Å². The zero-order chi connectivity index (χ0) is 17.0. The van der Waals surface area contributed by atoms with Crippen molar-refractivity contribution in [3.63, 3.8) is 0 Å². The normalized spacial score (nSPS) is 18.2. The van der Waals surface area contributed by atoms with E-state index >= 15 is 0 Å². The highest BCUT2D eigenvalue weighted by atomic mass is 16.6. The van der Waals surface area contributed by atoms with Crippen LogP contribution in [-0.4, -0.2) is 47.8 Å². The quantitative estimate of drug-likeness (QED) is 0.652. The van der Waals surface area contributed by atoms with E-state index < -0.39 is 18.1 Å². The zero-order valence-corrected chi connectivity index (χ0v) is 13.6. The van der Waals surface area contributed by atoms with E-state index in [2.05, 4.69) is 20.0 Å². The summed E-state index contributed by atoms with van der Waals surface area (Å²) in [5.74, 6) is 0.211. The molecule has 0 radical (unpaired) electrons. The van der Waals surface area contributed by atoms with Crippen LogP contribution >= 0.6 is 0 Å². The van der Waals surface area contributed by atoms with E-state index in [1.807, 2.05) is 19.9 Å². The molecular formula is C15H20N4O4. The topological polar surface area (TPSA) is 93.7 Å². The number of rotatable bonds is 5. The van der Waals surface area contributed by atoms with Crippen LogP contribution in [0.1, 0.15) is 20.8 Å². The summed E-state index contributed by atoms with van der Waals surface area (Å²) in [7, 11) is 1.31. The van der Waals surface area contributed by atoms with Crippen LogP contribution in [0, 0.1) is 0 Å². The number of ether oxygens (including phenoxy) is 2. The number of amides is 1. The van der Waals surface area contributed by atoms with E-state index in [1.54, 1.807) is 13.0 Å². The van der Waals surface area contributed by atoms with E-state index in [0.29, 0.717) is 5.82 Å². The van der Waals surface area contributed by atoms with Gasteiger partial charge in [-0.3, -0.25) is 4.90 Å². The van der Waals surface area contributed by atoms with Gasteiger partial charge in [-0.15, -0.1) is 0 Å². The molecule has 2 atom stereocenters. The SMILES string of the molecule is COC(=O)[C@H](C)Nc1nccc(N2C(=O)OC[C@@H]2C=C(C)C)n1. The number of nitrogens with one attached hydrogen (secondary N) is 1. The van der Waals surface area contributed by atoms with Crippen molar-refractivity contribution in [3.05, 3.63) is 23.9 Å². The highest BCUT2D eigenvalue weighted by Gasteiger charge is 2.34. The van der Waals surface area contributed by atoms with Crippen molar-refractivity contribution in [3.8, 4) is 0 Å². The number of anilines is 2. The van der Waals surface area contributed by atoms with Crippen LogP contribution in [0.25, 0.3) is 0 Å². The second kappa shape index (κ2) is 7.08. The molecule has 0 aromatic carbocycles. The summed E-state index contributed by atoms with van der Waals surface area (Å²) in [6, 6.07) is 0.800. The Bertz CT molecular complexity index is 628. The summed E-state index contributed by atoms with van der Waals surface area (Å²) < 4.78 is 9.74. The number of esters is 1. The first-order valence-electron chi connectivity index (χ1n) is 7.20. The molecule has 1 fully saturated rings. The first kappa shape index (κ1) is 16.7. The molecule has 23 heavy (non-hydrogen) atoms. The van der Waals surface area contributed by atoms with Crippen molar-refractivity contribution in [1.82, 2.24) is 9.97 Å². The molecule has 0 unspecified atom stereocenters. The van der Waals surface area contributed by atoms with Crippen molar-refractivity contribution >= 4 is 23.8 Å². The predicted octanol–water partition coefficient (Wildman–Crippen LogP) is 1.74. The van der Waals surface area contributed by atoms with Crippen LogP contribution < -0.4 is 10.2 Å². The Morgan fingerprint density at radius 1 is 1.57 bits per heavy atom. The molecule has 1 aromatic heterocycles. The summed E-state index contributed by atoms with van der Waals surface area (Å²) in [6.45, 7) is 5.81. The molecule has 8 heteroatoms. The lowest BCUT2D eigenvalue weighted by molar-refractivity contribution is -0.141. The van der Waals surface area contributed by atoms with E-state index in [0.717, 1.165) is 5.57 Å². The van der Waals surface area contributed by atoms with Crippen LogP contribution in [0.4, 0.5) is 16.6 Å². The van der Waals surface area contributed by atoms with Gasteiger partial charge in [0.05, 0.1) is 13.2 Å². The maximum absolute atomic E-state index is 12.0. The maximum Gasteiger partial charge on any atom is 0.416 e. The van der Waals surface area contributed by atoms with Crippen molar-refractivity contribution in [2.45, 2.75) is 32.9 Å². The van der Waals surface area contributed by atoms with Crippen molar-refractivity contribution in [1.29, 1.82) is 0 Å². The summed E-state index contributed by atoms with van der Waals surface area (Å²) in [5, 5.41) is 2.84. The monoisotopic (exact) mass is 320 g/mol. The van der Waals surface area contributed by atoms with Gasteiger partial charge in [-0.05, 0) is 26.8 Å². The number of cyclic esters (lactones) is 1. The van der Waals surface area contributed by atoms with Gasteiger partial charge in [0.15, 0.2) is 0 Å². The van der Waals surface area contributed by atoms with Crippen LogP contribution in [0.2, 0.25) is 0 Å². The number of nitrogens with zero attached hydrogens (tertiary/aromatic N) is 3. The second-order valence-electron chi connectivity index (χ2n) is 5.39. The number of carbonyl (C=O) groups is 2. The van der Waals surface area contributed by atoms with Gasteiger partial charge < -0.3 is 14.8 Å². The number of methoxy groups -OCH3 is 1. The first-order chi connectivity index (χ1) is 10.9. The number of carbonyl (C=O) groups excluding carboxylic acids is 2. The fraction of sp³-hybridized carbons (Fsp3) is 0.467. The molecule has 2 heterocycles. The summed E-state index contributed by atoms with van der Waals surface area (Å²) in [4.78, 5) is 33.2. The molecule has 0 spiro atoms. The summed E-state index contributed by atoms with van der Waals surface area (Å²) >= 11 is 0. The summed E-state index contributed by atoms with van der Waals surface area (Å²) in [6.07, 6.45) is 3.00. The Hall–Kier alpha value is -2.64. The highest BCUT2D eigenvalue weighted by Crippen LogP contribution is 2.23. The molecule has 1 amide bonds. The molecule has 1 aliphatic rings. The average molecular weight is 320 g/mol. The number of hydrogen-bond donors (Lipinski definition) is 1. The minimum atomic E-state index is -0.602. The highest BCUT2D eigenvalue weighted by molar-refractivity contribution is 5.89. The fourth-order valence-electron chi connectivity index (χ4n) is 2.19. The third-order valence-electron chi connectivity index (χ3n) is 3.22. The van der Waals surface area contributed by atoms with E-state index in [-0.39, 0.29) is 18.6 Å². The Morgan fingerprint density at radius 2 is 2.30 bits per heavy atom. The number of hydrogen-bond acceptors (Lipinski definition) is 7. The molecule has 0 saturated carbocycles. The lowest BCUT2D eigenvalue weighted by atomic mass is 10.2. The molecule has 1 aliphatic heterocycles. The maximum atomic E-state index is 12.0. The lowest BCUT2D eigenvalue weighted by Gasteiger charge is -2.19. The van der Waals surface area contributed by atoms with Gasteiger partial charge in [0.1, 0.15) is 18.5 Å². The Kier molecular flexibility index (Phi) is 5.15. The predicted molar refractivity (Wildman–Crippen MR) is 84.2 cm³/mol. The molecule has 8 nitrogen and oxygen atoms in total. The molecule has 0 bridgehead atoms. The van der Waals surface area contributed by atoms with Gasteiger partial charge in [-0.2, -0.15) is 4.98 Å². The van der Waals surface area contributed by atoms with Gasteiger partial charge in [-0.25, -0.2) is 14.6 Å². The Labute approximate surface area is 134 Å². The van der Waals surface area contributed by atoms with Gasteiger partial charge in [-0.1, -0.05) is 11.6 Å². The minimum Gasteiger partial charge on any atom is -0.467 e. The first-order valence-corrected chi connectivity index (χ1v) is 7.20. The molecule has 1 saturated heterocycles. The van der Waals surface area contributed by atoms with Crippen molar-refractivity contribution < 1.29 is 19.1 Å². The smallest absolute Gasteiger partial charge is 0.416 e. The molecular weight excluding hydrogens is 300 g/mol. The largest absolute Gasteiger partial charge is 0.467 e. The van der Waals surface area contributed by atoms with E-state index in [9.17, 15) is 9.59 Å². The van der Waals surface area contributed by atoms with Gasteiger partial charge in [0.2, 0.25) is 5.95 Å². The van der Waals surface area contributed by atoms with E-state index in [4.69, 9.17) is 4.74 Å². The molecule has 124 valence electrons. The fourth-order valence-corrected chi connectivity index (χ4v) is 2.19. The van der Waals surface area contributed by atoms with Crippen LogP contribution in [-0.2, 0) is 14.3 Å². The Balaban J connectivity index is 2.22. The van der Waals surface area contributed by atoms with Gasteiger partial charge >= 0.3 is 12.1 Å². The van der Waals surface area contributed by atoms with Crippen molar-refractivity contribution in [2.24, 2.45) is 0 Å². The molecule has 1 N–H and O–H groups in total. The van der Waals surface area contributed by atoms with Crippen LogP contribution in [0.3, 0.4) is 0 Å². The zero-order valence-electron chi connectivity index (χ0n) is 13.6. The molecule has 1 aromatic rings. The minimum absolute atomic E-state index is 0.215. The number of aromatic nitrogens is 2.